The van der Waals surface area contributed by atoms with Gasteiger partial charge in [-0.1, -0.05) is 0 Å². The topological polar surface area (TPSA) is 54.9 Å². The van der Waals surface area contributed by atoms with E-state index in [-0.39, 0.29) is 5.91 Å². The van der Waals surface area contributed by atoms with Crippen molar-refractivity contribution in [2.45, 2.75) is 31.9 Å². The summed E-state index contributed by atoms with van der Waals surface area (Å²) in [6.45, 7) is 4.38. The zero-order chi connectivity index (χ0) is 18.6. The van der Waals surface area contributed by atoms with E-state index in [1.54, 1.807) is 18.7 Å². The molecule has 27 heavy (non-hydrogen) atoms. The van der Waals surface area contributed by atoms with Gasteiger partial charge < -0.3 is 14.4 Å². The van der Waals surface area contributed by atoms with Gasteiger partial charge in [-0.05, 0) is 50.6 Å². The molecule has 4 rings (SSSR count). The van der Waals surface area contributed by atoms with Crippen molar-refractivity contribution < 1.29 is 14.3 Å². The molecule has 0 saturated carbocycles. The third kappa shape index (κ3) is 4.09. The van der Waals surface area contributed by atoms with E-state index in [0.717, 1.165) is 25.2 Å². The second-order valence-corrected chi connectivity index (χ2v) is 7.79. The monoisotopic (exact) mass is 387 g/mol. The minimum Gasteiger partial charge on any atom is -0.493 e. The summed E-state index contributed by atoms with van der Waals surface area (Å²) in [6, 6.07) is 5.93. The highest BCUT2D eigenvalue weighted by Crippen LogP contribution is 2.30. The Labute approximate surface area is 163 Å². The molecule has 7 heteroatoms. The van der Waals surface area contributed by atoms with Crippen LogP contribution in [0.25, 0.3) is 0 Å². The Balaban J connectivity index is 1.41. The van der Waals surface area contributed by atoms with Crippen LogP contribution in [0, 0.1) is 0 Å². The van der Waals surface area contributed by atoms with Crippen LogP contribution in [0.15, 0.2) is 29.1 Å². The lowest BCUT2D eigenvalue weighted by atomic mass is 10.1. The number of thiazole rings is 1. The number of ether oxygens (including phenoxy) is 2. The van der Waals surface area contributed by atoms with E-state index < -0.39 is 0 Å². The van der Waals surface area contributed by atoms with Gasteiger partial charge in [-0.25, -0.2) is 4.98 Å². The molecule has 1 atom stereocenters. The number of carbonyl (C=O) groups excluding carboxylic acids is 1. The van der Waals surface area contributed by atoms with Crippen LogP contribution in [-0.2, 0) is 6.61 Å². The molecule has 2 aliphatic rings. The van der Waals surface area contributed by atoms with Crippen molar-refractivity contribution in [3.8, 4) is 11.5 Å². The first-order valence-electron chi connectivity index (χ1n) is 9.46. The standard InChI is InChI=1S/C20H25N3O3S/c1-25-19-10-15(4-5-18(19)26-12-16-13-27-14-21-16)20(24)23-9-6-17(11-23)22-7-2-3-8-22/h4-5,10,13-14,17H,2-3,6-9,11-12H2,1H3. The molecule has 1 unspecified atom stereocenters. The second-order valence-electron chi connectivity index (χ2n) is 7.07. The molecule has 0 radical (unpaired) electrons. The van der Waals surface area contributed by atoms with Gasteiger partial charge in [0.05, 0.1) is 18.3 Å². The fourth-order valence-corrected chi connectivity index (χ4v) is 4.44. The van der Waals surface area contributed by atoms with Crippen LogP contribution < -0.4 is 9.47 Å². The molecule has 2 aromatic rings. The fraction of sp³-hybridized carbons (Fsp3) is 0.500. The summed E-state index contributed by atoms with van der Waals surface area (Å²) in [4.78, 5) is 21.6. The Morgan fingerprint density at radius 3 is 2.85 bits per heavy atom. The summed E-state index contributed by atoms with van der Waals surface area (Å²) in [6.07, 6.45) is 3.63. The maximum atomic E-state index is 12.9. The molecule has 2 fully saturated rings. The van der Waals surface area contributed by atoms with E-state index in [1.165, 1.54) is 37.3 Å². The minimum atomic E-state index is 0.0704. The Kier molecular flexibility index (Phi) is 5.59. The minimum absolute atomic E-state index is 0.0704. The average Bonchev–Trinajstić information content (AvgIpc) is 3.47. The van der Waals surface area contributed by atoms with E-state index in [1.807, 2.05) is 22.4 Å². The lowest BCUT2D eigenvalue weighted by molar-refractivity contribution is 0.0779. The van der Waals surface area contributed by atoms with Crippen LogP contribution in [0.4, 0.5) is 0 Å². The summed E-state index contributed by atoms with van der Waals surface area (Å²) in [5.74, 6) is 1.27. The van der Waals surface area contributed by atoms with Crippen LogP contribution in [0.3, 0.4) is 0 Å². The third-order valence-corrected chi connectivity index (χ3v) is 6.01. The number of likely N-dealkylation sites (tertiary alicyclic amines) is 2. The van der Waals surface area contributed by atoms with Gasteiger partial charge in [-0.2, -0.15) is 0 Å². The number of rotatable bonds is 6. The van der Waals surface area contributed by atoms with Gasteiger partial charge in [0.1, 0.15) is 6.61 Å². The lowest BCUT2D eigenvalue weighted by Crippen LogP contribution is -2.37. The van der Waals surface area contributed by atoms with Crippen LogP contribution >= 0.6 is 11.3 Å². The maximum Gasteiger partial charge on any atom is 0.254 e. The number of hydrogen-bond acceptors (Lipinski definition) is 6. The number of carbonyl (C=O) groups is 1. The summed E-state index contributed by atoms with van der Waals surface area (Å²) >= 11 is 1.54. The Morgan fingerprint density at radius 1 is 1.26 bits per heavy atom. The van der Waals surface area contributed by atoms with E-state index in [0.29, 0.717) is 29.7 Å². The van der Waals surface area contributed by atoms with Gasteiger partial charge in [0, 0.05) is 30.1 Å². The zero-order valence-electron chi connectivity index (χ0n) is 15.6. The van der Waals surface area contributed by atoms with Crippen molar-refractivity contribution in [3.63, 3.8) is 0 Å². The van der Waals surface area contributed by atoms with Gasteiger partial charge in [-0.15, -0.1) is 11.3 Å². The molecular weight excluding hydrogens is 362 g/mol. The maximum absolute atomic E-state index is 12.9. The van der Waals surface area contributed by atoms with E-state index in [9.17, 15) is 4.79 Å². The van der Waals surface area contributed by atoms with Gasteiger partial charge in [0.25, 0.3) is 5.91 Å². The van der Waals surface area contributed by atoms with Crippen LogP contribution in [-0.4, -0.2) is 60.0 Å². The summed E-state index contributed by atoms with van der Waals surface area (Å²) in [7, 11) is 1.60. The highest BCUT2D eigenvalue weighted by atomic mass is 32.1. The summed E-state index contributed by atoms with van der Waals surface area (Å²) in [5, 5.41) is 1.95. The third-order valence-electron chi connectivity index (χ3n) is 5.38. The molecular formula is C20H25N3O3S. The van der Waals surface area contributed by atoms with E-state index in [4.69, 9.17) is 9.47 Å². The van der Waals surface area contributed by atoms with E-state index >= 15 is 0 Å². The molecule has 0 N–H and O–H groups in total. The number of aromatic nitrogens is 1. The Bertz CT molecular complexity index is 775. The number of methoxy groups -OCH3 is 1. The van der Waals surface area contributed by atoms with Crippen molar-refractivity contribution >= 4 is 17.2 Å². The van der Waals surface area contributed by atoms with Gasteiger partial charge in [0.2, 0.25) is 0 Å². The first-order valence-corrected chi connectivity index (χ1v) is 10.4. The highest BCUT2D eigenvalue weighted by Gasteiger charge is 2.32. The van der Waals surface area contributed by atoms with Crippen molar-refractivity contribution in [1.82, 2.24) is 14.8 Å². The molecule has 0 aliphatic carbocycles. The van der Waals surface area contributed by atoms with Crippen molar-refractivity contribution in [2.24, 2.45) is 0 Å². The predicted molar refractivity (Wildman–Crippen MR) is 105 cm³/mol. The van der Waals surface area contributed by atoms with Crippen LogP contribution in [0.5, 0.6) is 11.5 Å². The van der Waals surface area contributed by atoms with E-state index in [2.05, 4.69) is 9.88 Å². The summed E-state index contributed by atoms with van der Waals surface area (Å²) in [5.41, 5.74) is 3.31. The van der Waals surface area contributed by atoms with Crippen LogP contribution in [0.2, 0.25) is 0 Å². The highest BCUT2D eigenvalue weighted by molar-refractivity contribution is 7.07. The normalized spacial score (nSPS) is 20.2. The molecule has 0 bridgehead atoms. The molecule has 1 aromatic carbocycles. The largest absolute Gasteiger partial charge is 0.493 e. The molecule has 2 saturated heterocycles. The number of amides is 1. The predicted octanol–water partition coefficient (Wildman–Crippen LogP) is 3.04. The first-order chi connectivity index (χ1) is 13.2. The Hall–Kier alpha value is -2.12. The number of benzene rings is 1. The molecule has 0 spiro atoms. The van der Waals surface area contributed by atoms with Gasteiger partial charge in [-0.3, -0.25) is 9.69 Å². The van der Waals surface area contributed by atoms with Crippen LogP contribution in [0.1, 0.15) is 35.3 Å². The van der Waals surface area contributed by atoms with Gasteiger partial charge >= 0.3 is 0 Å². The molecule has 2 aliphatic heterocycles. The summed E-state index contributed by atoms with van der Waals surface area (Å²) < 4.78 is 11.3. The quantitative estimate of drug-likeness (QED) is 0.763. The molecule has 1 aromatic heterocycles. The smallest absolute Gasteiger partial charge is 0.254 e. The average molecular weight is 388 g/mol. The zero-order valence-corrected chi connectivity index (χ0v) is 16.4. The molecule has 1 amide bonds. The van der Waals surface area contributed by atoms with Gasteiger partial charge in [0.15, 0.2) is 11.5 Å². The molecule has 3 heterocycles. The van der Waals surface area contributed by atoms with Crippen molar-refractivity contribution in [1.29, 1.82) is 0 Å². The molecule has 144 valence electrons. The number of hydrogen-bond donors (Lipinski definition) is 0. The lowest BCUT2D eigenvalue weighted by Gasteiger charge is -2.23. The second kappa shape index (κ2) is 8.27. The fourth-order valence-electron chi connectivity index (χ4n) is 3.89. The first kappa shape index (κ1) is 18.3. The number of nitrogens with zero attached hydrogens (tertiary/aromatic N) is 3. The Morgan fingerprint density at radius 2 is 2.11 bits per heavy atom. The SMILES string of the molecule is COc1cc(C(=O)N2CCC(N3CCCC3)C2)ccc1OCc1cscn1. The molecule has 6 nitrogen and oxygen atoms in total. The van der Waals surface area contributed by atoms with Crippen molar-refractivity contribution in [3.05, 3.63) is 40.3 Å². The van der Waals surface area contributed by atoms with Crippen molar-refractivity contribution in [2.75, 3.05) is 33.3 Å².